The zero-order valence-electron chi connectivity index (χ0n) is 14.5. The second kappa shape index (κ2) is 7.73. The number of nitrogens with zero attached hydrogens (tertiary/aromatic N) is 4. The highest BCUT2D eigenvalue weighted by Gasteiger charge is 2.30. The number of hydrogen-bond acceptors (Lipinski definition) is 6. The number of aliphatic hydroxyl groups is 1. The molecule has 8 nitrogen and oxygen atoms in total. The zero-order chi connectivity index (χ0) is 17.9. The number of aliphatic hydroxyl groups excluding tert-OH is 1. The number of thiophene rings is 1. The molecule has 2 N–H and O–H groups in total. The van der Waals surface area contributed by atoms with Crippen LogP contribution in [0.4, 0.5) is 4.79 Å². The van der Waals surface area contributed by atoms with Crippen LogP contribution in [-0.4, -0.2) is 56.6 Å². The number of ether oxygens (including phenoxy) is 1. The molecule has 26 heavy (non-hydrogen) atoms. The molecule has 2 aliphatic rings. The largest absolute Gasteiger partial charge is 0.387 e. The van der Waals surface area contributed by atoms with Crippen molar-refractivity contribution in [1.29, 1.82) is 0 Å². The summed E-state index contributed by atoms with van der Waals surface area (Å²) in [6, 6.07) is 3.54. The van der Waals surface area contributed by atoms with Crippen molar-refractivity contribution in [3.63, 3.8) is 0 Å². The third-order valence-electron chi connectivity index (χ3n) is 4.94. The summed E-state index contributed by atoms with van der Waals surface area (Å²) in [7, 11) is 0. The quantitative estimate of drug-likeness (QED) is 0.820. The van der Waals surface area contributed by atoms with Gasteiger partial charge in [0.15, 0.2) is 5.82 Å². The average molecular weight is 377 g/mol. The predicted molar refractivity (Wildman–Crippen MR) is 95.8 cm³/mol. The van der Waals surface area contributed by atoms with Gasteiger partial charge in [-0.05, 0) is 17.9 Å². The maximum Gasteiger partial charge on any atom is 0.318 e. The SMILES string of the molecule is O=C(NCc1nnc2n1CCC2)N1CCOCC1CC(O)c1cccs1. The lowest BCUT2D eigenvalue weighted by Gasteiger charge is -2.36. The minimum absolute atomic E-state index is 0.146. The molecule has 2 aliphatic heterocycles. The zero-order valence-corrected chi connectivity index (χ0v) is 15.3. The molecule has 0 bridgehead atoms. The van der Waals surface area contributed by atoms with Crippen molar-refractivity contribution in [3.8, 4) is 0 Å². The minimum Gasteiger partial charge on any atom is -0.387 e. The van der Waals surface area contributed by atoms with E-state index in [4.69, 9.17) is 4.74 Å². The summed E-state index contributed by atoms with van der Waals surface area (Å²) in [6.45, 7) is 2.76. The van der Waals surface area contributed by atoms with Gasteiger partial charge in [0.1, 0.15) is 5.82 Å². The maximum absolute atomic E-state index is 12.7. The van der Waals surface area contributed by atoms with E-state index in [2.05, 4.69) is 20.1 Å². The van der Waals surface area contributed by atoms with Crippen LogP contribution >= 0.6 is 11.3 Å². The molecule has 2 aromatic heterocycles. The predicted octanol–water partition coefficient (Wildman–Crippen LogP) is 1.32. The van der Waals surface area contributed by atoms with Crippen molar-refractivity contribution >= 4 is 17.4 Å². The van der Waals surface area contributed by atoms with Gasteiger partial charge in [-0.3, -0.25) is 0 Å². The Labute approximate surface area is 155 Å². The van der Waals surface area contributed by atoms with Gasteiger partial charge in [-0.2, -0.15) is 0 Å². The first-order chi connectivity index (χ1) is 12.7. The van der Waals surface area contributed by atoms with Gasteiger partial charge >= 0.3 is 6.03 Å². The average Bonchev–Trinajstić information content (AvgIpc) is 3.38. The molecule has 0 aliphatic carbocycles. The Hall–Kier alpha value is -1.97. The van der Waals surface area contributed by atoms with E-state index >= 15 is 0 Å². The van der Waals surface area contributed by atoms with Crippen LogP contribution in [0.3, 0.4) is 0 Å². The number of aromatic nitrogens is 3. The van der Waals surface area contributed by atoms with E-state index in [0.29, 0.717) is 32.7 Å². The van der Waals surface area contributed by atoms with Gasteiger partial charge in [-0.1, -0.05) is 6.07 Å². The fourth-order valence-electron chi connectivity index (χ4n) is 3.57. The van der Waals surface area contributed by atoms with Gasteiger partial charge in [0.05, 0.1) is 31.9 Å². The lowest BCUT2D eigenvalue weighted by atomic mass is 10.1. The van der Waals surface area contributed by atoms with Crippen LogP contribution in [0.2, 0.25) is 0 Å². The van der Waals surface area contributed by atoms with E-state index in [1.165, 1.54) is 11.3 Å². The van der Waals surface area contributed by atoms with Crippen LogP contribution in [0, 0.1) is 0 Å². The summed E-state index contributed by atoms with van der Waals surface area (Å²) in [5.74, 6) is 1.80. The molecule has 0 radical (unpaired) electrons. The molecule has 2 amide bonds. The number of urea groups is 1. The Morgan fingerprint density at radius 2 is 2.38 bits per heavy atom. The molecule has 1 fully saturated rings. The highest BCUT2D eigenvalue weighted by Crippen LogP contribution is 2.26. The Morgan fingerprint density at radius 1 is 1.46 bits per heavy atom. The highest BCUT2D eigenvalue weighted by atomic mass is 32.1. The summed E-state index contributed by atoms with van der Waals surface area (Å²) < 4.78 is 7.62. The molecule has 0 aromatic carbocycles. The molecule has 2 unspecified atom stereocenters. The number of amides is 2. The number of nitrogens with one attached hydrogen (secondary N) is 1. The van der Waals surface area contributed by atoms with Gasteiger partial charge in [0.2, 0.25) is 0 Å². The molecule has 2 aromatic rings. The van der Waals surface area contributed by atoms with Crippen LogP contribution in [0.15, 0.2) is 17.5 Å². The van der Waals surface area contributed by atoms with Crippen LogP contribution in [-0.2, 0) is 24.2 Å². The lowest BCUT2D eigenvalue weighted by Crippen LogP contribution is -2.52. The van der Waals surface area contributed by atoms with Gasteiger partial charge in [-0.25, -0.2) is 4.79 Å². The first-order valence-corrected chi connectivity index (χ1v) is 9.85. The minimum atomic E-state index is -0.586. The molecule has 4 heterocycles. The number of rotatable bonds is 5. The summed E-state index contributed by atoms with van der Waals surface area (Å²) in [5.41, 5.74) is 0. The summed E-state index contributed by atoms with van der Waals surface area (Å²) in [4.78, 5) is 15.4. The molecular formula is C17H23N5O3S. The monoisotopic (exact) mass is 377 g/mol. The van der Waals surface area contributed by atoms with Gasteiger partial charge in [0, 0.05) is 30.8 Å². The first kappa shape index (κ1) is 17.4. The van der Waals surface area contributed by atoms with Crippen molar-refractivity contribution in [1.82, 2.24) is 25.0 Å². The smallest absolute Gasteiger partial charge is 0.318 e. The number of hydrogen-bond donors (Lipinski definition) is 2. The van der Waals surface area contributed by atoms with Crippen molar-refractivity contribution in [2.45, 2.75) is 44.5 Å². The summed E-state index contributed by atoms with van der Waals surface area (Å²) in [6.07, 6.45) is 1.91. The van der Waals surface area contributed by atoms with Crippen LogP contribution in [0.25, 0.3) is 0 Å². The molecular weight excluding hydrogens is 354 g/mol. The van der Waals surface area contributed by atoms with Crippen molar-refractivity contribution < 1.29 is 14.6 Å². The van der Waals surface area contributed by atoms with E-state index < -0.39 is 6.10 Å². The Kier molecular flexibility index (Phi) is 5.18. The van der Waals surface area contributed by atoms with E-state index in [-0.39, 0.29) is 12.1 Å². The Morgan fingerprint density at radius 3 is 3.23 bits per heavy atom. The second-order valence-corrected chi connectivity index (χ2v) is 7.61. The van der Waals surface area contributed by atoms with E-state index in [9.17, 15) is 9.90 Å². The van der Waals surface area contributed by atoms with Crippen molar-refractivity contribution in [2.75, 3.05) is 19.8 Å². The third kappa shape index (κ3) is 3.60. The van der Waals surface area contributed by atoms with Gasteiger partial charge in [0.25, 0.3) is 0 Å². The molecule has 1 saturated heterocycles. The topological polar surface area (TPSA) is 92.5 Å². The molecule has 4 rings (SSSR count). The molecule has 140 valence electrons. The highest BCUT2D eigenvalue weighted by molar-refractivity contribution is 7.10. The first-order valence-electron chi connectivity index (χ1n) is 8.97. The van der Waals surface area contributed by atoms with E-state index in [1.807, 2.05) is 17.5 Å². The van der Waals surface area contributed by atoms with Crippen molar-refractivity contribution in [2.24, 2.45) is 0 Å². The van der Waals surface area contributed by atoms with Crippen molar-refractivity contribution in [3.05, 3.63) is 34.0 Å². The molecule has 9 heteroatoms. The van der Waals surface area contributed by atoms with Crippen LogP contribution < -0.4 is 5.32 Å². The lowest BCUT2D eigenvalue weighted by molar-refractivity contribution is -0.00658. The third-order valence-corrected chi connectivity index (χ3v) is 5.91. The Balaban J connectivity index is 1.36. The Bertz CT molecular complexity index is 748. The second-order valence-electron chi connectivity index (χ2n) is 6.64. The maximum atomic E-state index is 12.7. The summed E-state index contributed by atoms with van der Waals surface area (Å²) >= 11 is 1.52. The number of carbonyl (C=O) groups excluding carboxylic acids is 1. The standard InChI is InChI=1S/C17H23N5O3S/c23-13(14-3-2-8-26-14)9-12-11-25-7-6-21(12)17(24)18-10-16-20-19-15-4-1-5-22(15)16/h2-3,8,12-13,23H,1,4-7,9-11H2,(H,18,24). The number of aryl methyl sites for hydroxylation is 1. The van der Waals surface area contributed by atoms with Gasteiger partial charge < -0.3 is 24.6 Å². The van der Waals surface area contributed by atoms with E-state index in [1.54, 1.807) is 4.90 Å². The fraction of sp³-hybridized carbons (Fsp3) is 0.588. The molecule has 0 saturated carbocycles. The normalized spacial score (nSPS) is 20.8. The van der Waals surface area contributed by atoms with E-state index in [0.717, 1.165) is 35.9 Å². The summed E-state index contributed by atoms with van der Waals surface area (Å²) in [5, 5.41) is 23.7. The van der Waals surface area contributed by atoms with Crippen LogP contribution in [0.5, 0.6) is 0 Å². The van der Waals surface area contributed by atoms with Gasteiger partial charge in [-0.15, -0.1) is 21.5 Å². The number of fused-ring (bicyclic) bond motifs is 1. The fourth-order valence-corrected chi connectivity index (χ4v) is 4.29. The number of morpholine rings is 1. The molecule has 0 spiro atoms. The molecule has 2 atom stereocenters. The van der Waals surface area contributed by atoms with Crippen LogP contribution in [0.1, 0.15) is 35.5 Å². The number of carbonyl (C=O) groups is 1.